The van der Waals surface area contributed by atoms with E-state index in [-0.39, 0.29) is 6.10 Å². The predicted octanol–water partition coefficient (Wildman–Crippen LogP) is 2.27. The molecule has 2 atom stereocenters. The van der Waals surface area contributed by atoms with Gasteiger partial charge in [0, 0.05) is 18.4 Å². The molecule has 1 rings (SSSR count). The van der Waals surface area contributed by atoms with E-state index in [1.807, 2.05) is 18.7 Å². The lowest BCUT2D eigenvalue weighted by atomic mass is 10.2. The van der Waals surface area contributed by atoms with Crippen LogP contribution < -0.4 is 5.32 Å². The lowest BCUT2D eigenvalue weighted by molar-refractivity contribution is 0.0796. The number of nitrogens with one attached hydrogen (secondary N) is 1. The summed E-state index contributed by atoms with van der Waals surface area (Å²) in [5.41, 5.74) is 0. The van der Waals surface area contributed by atoms with Gasteiger partial charge in [-0.3, -0.25) is 4.99 Å². The second-order valence-corrected chi connectivity index (χ2v) is 5.11. The maximum Gasteiger partial charge on any atom is 0.157 e. The van der Waals surface area contributed by atoms with Crippen LogP contribution in [0.5, 0.6) is 0 Å². The number of rotatable bonds is 6. The molecular formula is C11H22N2OS. The molecule has 0 aromatic carbocycles. The Hall–Kier alpha value is -0.220. The molecule has 0 amide bonds. The monoisotopic (exact) mass is 230 g/mol. The van der Waals surface area contributed by atoms with Gasteiger partial charge in [0.05, 0.1) is 12.6 Å². The minimum Gasteiger partial charge on any atom is -0.377 e. The second kappa shape index (κ2) is 7.12. The topological polar surface area (TPSA) is 33.6 Å². The summed E-state index contributed by atoms with van der Waals surface area (Å²) in [5.74, 6) is 0. The van der Waals surface area contributed by atoms with Crippen LogP contribution in [0.3, 0.4) is 0 Å². The predicted molar refractivity (Wildman–Crippen MR) is 67.7 cm³/mol. The van der Waals surface area contributed by atoms with E-state index in [0.717, 1.165) is 24.9 Å². The summed E-state index contributed by atoms with van der Waals surface area (Å²) < 4.78 is 5.45. The number of nitrogens with zero attached hydrogens (tertiary/aromatic N) is 1. The molecule has 0 saturated heterocycles. The first-order valence-electron chi connectivity index (χ1n) is 5.82. The Balaban J connectivity index is 2.13. The largest absolute Gasteiger partial charge is 0.377 e. The molecule has 3 nitrogen and oxygen atoms in total. The van der Waals surface area contributed by atoms with E-state index in [4.69, 9.17) is 4.74 Å². The highest BCUT2D eigenvalue weighted by Crippen LogP contribution is 2.23. The second-order valence-electron chi connectivity index (χ2n) is 3.82. The van der Waals surface area contributed by atoms with Gasteiger partial charge in [-0.15, -0.1) is 0 Å². The molecule has 0 aliphatic carbocycles. The molecule has 15 heavy (non-hydrogen) atoms. The molecule has 0 saturated carbocycles. The van der Waals surface area contributed by atoms with Gasteiger partial charge >= 0.3 is 0 Å². The van der Waals surface area contributed by atoms with E-state index >= 15 is 0 Å². The van der Waals surface area contributed by atoms with Crippen LogP contribution in [0.4, 0.5) is 0 Å². The SMILES string of the molecule is CCCC1CN=C(NCC(C)OCC)S1. The van der Waals surface area contributed by atoms with E-state index in [1.54, 1.807) is 0 Å². The molecule has 1 aliphatic heterocycles. The maximum absolute atomic E-state index is 5.45. The Kier molecular flexibility index (Phi) is 6.10. The summed E-state index contributed by atoms with van der Waals surface area (Å²) in [6, 6.07) is 0. The zero-order valence-corrected chi connectivity index (χ0v) is 10.8. The average molecular weight is 230 g/mol. The van der Waals surface area contributed by atoms with Gasteiger partial charge in [-0.1, -0.05) is 25.1 Å². The number of thioether (sulfide) groups is 1. The van der Waals surface area contributed by atoms with Crippen molar-refractivity contribution in [1.82, 2.24) is 5.32 Å². The Morgan fingerprint density at radius 3 is 3.07 bits per heavy atom. The lowest BCUT2D eigenvalue weighted by Crippen LogP contribution is -2.30. The summed E-state index contributed by atoms with van der Waals surface area (Å²) in [6.07, 6.45) is 2.78. The maximum atomic E-state index is 5.45. The highest BCUT2D eigenvalue weighted by molar-refractivity contribution is 8.14. The quantitative estimate of drug-likeness (QED) is 0.760. The van der Waals surface area contributed by atoms with Gasteiger partial charge in [0.25, 0.3) is 0 Å². The van der Waals surface area contributed by atoms with Gasteiger partial charge in [0.15, 0.2) is 5.17 Å². The van der Waals surface area contributed by atoms with Crippen molar-refractivity contribution in [1.29, 1.82) is 0 Å². The van der Waals surface area contributed by atoms with Crippen LogP contribution in [0.25, 0.3) is 0 Å². The van der Waals surface area contributed by atoms with Gasteiger partial charge in [-0.05, 0) is 20.3 Å². The highest BCUT2D eigenvalue weighted by atomic mass is 32.2. The van der Waals surface area contributed by atoms with E-state index < -0.39 is 0 Å². The van der Waals surface area contributed by atoms with Crippen molar-refractivity contribution in [3.05, 3.63) is 0 Å². The molecule has 0 bridgehead atoms. The molecule has 0 spiro atoms. The molecular weight excluding hydrogens is 208 g/mol. The van der Waals surface area contributed by atoms with Crippen molar-refractivity contribution < 1.29 is 4.74 Å². The number of hydrogen-bond acceptors (Lipinski definition) is 4. The zero-order valence-electron chi connectivity index (χ0n) is 9.95. The van der Waals surface area contributed by atoms with Crippen LogP contribution in [0.15, 0.2) is 4.99 Å². The van der Waals surface area contributed by atoms with E-state index in [2.05, 4.69) is 24.2 Å². The fraction of sp³-hybridized carbons (Fsp3) is 0.909. The molecule has 1 aliphatic rings. The van der Waals surface area contributed by atoms with Crippen molar-refractivity contribution in [3.63, 3.8) is 0 Å². The summed E-state index contributed by atoms with van der Waals surface area (Å²) in [7, 11) is 0. The first-order chi connectivity index (χ1) is 7.26. The smallest absolute Gasteiger partial charge is 0.157 e. The van der Waals surface area contributed by atoms with Crippen molar-refractivity contribution in [2.75, 3.05) is 19.7 Å². The molecule has 0 fully saturated rings. The standard InChI is InChI=1S/C11H22N2OS/c1-4-6-10-8-13-11(15-10)12-7-9(3)14-5-2/h9-10H,4-8H2,1-3H3,(H,12,13). The minimum atomic E-state index is 0.267. The Labute approximate surface area is 97.1 Å². The molecule has 2 unspecified atom stereocenters. The van der Waals surface area contributed by atoms with Crippen molar-refractivity contribution in [2.45, 2.75) is 45.0 Å². The third-order valence-electron chi connectivity index (χ3n) is 2.32. The number of ether oxygens (including phenoxy) is 1. The molecule has 88 valence electrons. The third kappa shape index (κ3) is 4.89. The van der Waals surface area contributed by atoms with E-state index in [9.17, 15) is 0 Å². The van der Waals surface area contributed by atoms with Crippen LogP contribution >= 0.6 is 11.8 Å². The Morgan fingerprint density at radius 1 is 1.60 bits per heavy atom. The van der Waals surface area contributed by atoms with Crippen LogP contribution in [-0.4, -0.2) is 36.2 Å². The normalized spacial score (nSPS) is 22.6. The van der Waals surface area contributed by atoms with Crippen LogP contribution in [-0.2, 0) is 4.74 Å². The first kappa shape index (κ1) is 12.8. The molecule has 4 heteroatoms. The van der Waals surface area contributed by atoms with Crippen molar-refractivity contribution in [3.8, 4) is 0 Å². The fourth-order valence-corrected chi connectivity index (χ4v) is 2.70. The third-order valence-corrected chi connectivity index (χ3v) is 3.53. The molecule has 0 aromatic heterocycles. The van der Waals surface area contributed by atoms with Gasteiger partial charge in [0.1, 0.15) is 0 Å². The number of hydrogen-bond donors (Lipinski definition) is 1. The van der Waals surface area contributed by atoms with Crippen LogP contribution in [0.1, 0.15) is 33.6 Å². The van der Waals surface area contributed by atoms with Gasteiger partial charge in [-0.2, -0.15) is 0 Å². The van der Waals surface area contributed by atoms with E-state index in [0.29, 0.717) is 5.25 Å². The van der Waals surface area contributed by atoms with Gasteiger partial charge < -0.3 is 10.1 Å². The summed E-state index contributed by atoms with van der Waals surface area (Å²) in [6.45, 7) is 8.95. The van der Waals surface area contributed by atoms with Crippen LogP contribution in [0, 0.1) is 0 Å². The molecule has 0 radical (unpaired) electrons. The van der Waals surface area contributed by atoms with E-state index in [1.165, 1.54) is 12.8 Å². The molecule has 1 heterocycles. The number of amidine groups is 1. The van der Waals surface area contributed by atoms with Gasteiger partial charge in [0.2, 0.25) is 0 Å². The fourth-order valence-electron chi connectivity index (χ4n) is 1.56. The summed E-state index contributed by atoms with van der Waals surface area (Å²) in [5, 5.41) is 5.13. The molecule has 1 N–H and O–H groups in total. The average Bonchev–Trinajstić information content (AvgIpc) is 2.64. The zero-order chi connectivity index (χ0) is 11.1. The minimum absolute atomic E-state index is 0.267. The summed E-state index contributed by atoms with van der Waals surface area (Å²) in [4.78, 5) is 4.48. The first-order valence-corrected chi connectivity index (χ1v) is 6.70. The van der Waals surface area contributed by atoms with Crippen molar-refractivity contribution in [2.24, 2.45) is 4.99 Å². The van der Waals surface area contributed by atoms with Crippen LogP contribution in [0.2, 0.25) is 0 Å². The number of aliphatic imine (C=N–C) groups is 1. The summed E-state index contributed by atoms with van der Waals surface area (Å²) >= 11 is 1.88. The van der Waals surface area contributed by atoms with Crippen molar-refractivity contribution >= 4 is 16.9 Å². The Morgan fingerprint density at radius 2 is 2.40 bits per heavy atom. The Bertz CT molecular complexity index is 209. The molecule has 0 aromatic rings. The lowest BCUT2D eigenvalue weighted by Gasteiger charge is -2.13. The van der Waals surface area contributed by atoms with Gasteiger partial charge in [-0.25, -0.2) is 0 Å². The highest BCUT2D eigenvalue weighted by Gasteiger charge is 2.18.